The molecule has 0 spiro atoms. The minimum absolute atomic E-state index is 0.147. The van der Waals surface area contributed by atoms with Gasteiger partial charge in [0.1, 0.15) is 5.82 Å². The summed E-state index contributed by atoms with van der Waals surface area (Å²) in [4.78, 5) is 16.5. The second-order valence-electron chi connectivity index (χ2n) is 5.09. The summed E-state index contributed by atoms with van der Waals surface area (Å²) in [5, 5.41) is 6.46. The van der Waals surface area contributed by atoms with Crippen molar-refractivity contribution in [1.82, 2.24) is 5.32 Å². The maximum Gasteiger partial charge on any atom is 0.260 e. The van der Waals surface area contributed by atoms with Crippen LogP contribution in [0.4, 0.5) is 4.39 Å². The van der Waals surface area contributed by atoms with E-state index in [0.29, 0.717) is 12.1 Å². The number of amides is 1. The molecule has 0 atom stereocenters. The van der Waals surface area contributed by atoms with E-state index < -0.39 is 0 Å². The molecular formula is C18H19FN2O2. The van der Waals surface area contributed by atoms with Crippen LogP contribution in [0.2, 0.25) is 0 Å². The third-order valence-corrected chi connectivity index (χ3v) is 3.32. The second kappa shape index (κ2) is 8.68. The van der Waals surface area contributed by atoms with Crippen LogP contribution < -0.4 is 5.32 Å². The van der Waals surface area contributed by atoms with Gasteiger partial charge in [0.2, 0.25) is 0 Å². The van der Waals surface area contributed by atoms with Crippen LogP contribution >= 0.6 is 0 Å². The zero-order valence-electron chi connectivity index (χ0n) is 13.0. The SMILES string of the molecule is Cc1ccccc1CCNC(=O)CO/N=C/c1ccc(F)cc1. The molecule has 0 bridgehead atoms. The Bertz CT molecular complexity index is 669. The van der Waals surface area contributed by atoms with Gasteiger partial charge in [0.15, 0.2) is 6.61 Å². The zero-order valence-corrected chi connectivity index (χ0v) is 13.0. The Morgan fingerprint density at radius 1 is 1.22 bits per heavy atom. The molecule has 1 amide bonds. The first-order valence-electron chi connectivity index (χ1n) is 7.37. The third-order valence-electron chi connectivity index (χ3n) is 3.32. The van der Waals surface area contributed by atoms with Gasteiger partial charge in [0.05, 0.1) is 6.21 Å². The van der Waals surface area contributed by atoms with E-state index in [-0.39, 0.29) is 18.3 Å². The number of hydrogen-bond donors (Lipinski definition) is 1. The number of aryl methyl sites for hydroxylation is 1. The fourth-order valence-corrected chi connectivity index (χ4v) is 2.02. The number of carbonyl (C=O) groups is 1. The van der Waals surface area contributed by atoms with E-state index >= 15 is 0 Å². The Morgan fingerprint density at radius 2 is 1.96 bits per heavy atom. The van der Waals surface area contributed by atoms with Crippen LogP contribution in [-0.2, 0) is 16.1 Å². The van der Waals surface area contributed by atoms with Crippen molar-refractivity contribution in [3.05, 3.63) is 71.0 Å². The van der Waals surface area contributed by atoms with E-state index in [2.05, 4.69) is 10.5 Å². The molecule has 0 aliphatic heterocycles. The fourth-order valence-electron chi connectivity index (χ4n) is 2.02. The molecule has 2 aromatic rings. The summed E-state index contributed by atoms with van der Waals surface area (Å²) < 4.78 is 12.7. The van der Waals surface area contributed by atoms with Crippen molar-refractivity contribution < 1.29 is 14.0 Å². The first-order valence-corrected chi connectivity index (χ1v) is 7.37. The summed E-state index contributed by atoms with van der Waals surface area (Å²) in [6.45, 7) is 2.45. The minimum atomic E-state index is -0.309. The highest BCUT2D eigenvalue weighted by Crippen LogP contribution is 2.06. The molecule has 2 aromatic carbocycles. The highest BCUT2D eigenvalue weighted by Gasteiger charge is 2.02. The van der Waals surface area contributed by atoms with Crippen LogP contribution in [0, 0.1) is 12.7 Å². The maximum absolute atomic E-state index is 12.7. The number of benzene rings is 2. The summed E-state index contributed by atoms with van der Waals surface area (Å²) in [6.07, 6.45) is 2.21. The molecular weight excluding hydrogens is 295 g/mol. The molecule has 120 valence electrons. The van der Waals surface area contributed by atoms with Gasteiger partial charge in [-0.1, -0.05) is 41.6 Å². The first-order chi connectivity index (χ1) is 11.1. The predicted octanol–water partition coefficient (Wildman–Crippen LogP) is 2.84. The smallest absolute Gasteiger partial charge is 0.260 e. The number of nitrogens with zero attached hydrogens (tertiary/aromatic N) is 1. The Balaban J connectivity index is 1.65. The van der Waals surface area contributed by atoms with Crippen molar-refractivity contribution in [3.63, 3.8) is 0 Å². The second-order valence-corrected chi connectivity index (χ2v) is 5.09. The zero-order chi connectivity index (χ0) is 16.5. The van der Waals surface area contributed by atoms with Crippen molar-refractivity contribution in [2.45, 2.75) is 13.3 Å². The minimum Gasteiger partial charge on any atom is -0.386 e. The number of hydrogen-bond acceptors (Lipinski definition) is 3. The summed E-state index contributed by atoms with van der Waals surface area (Å²) in [7, 11) is 0. The third kappa shape index (κ3) is 5.90. The summed E-state index contributed by atoms with van der Waals surface area (Å²) in [5.74, 6) is -0.536. The largest absolute Gasteiger partial charge is 0.386 e. The number of oxime groups is 1. The molecule has 0 heterocycles. The Hall–Kier alpha value is -2.69. The van der Waals surface area contributed by atoms with Crippen molar-refractivity contribution in [2.24, 2.45) is 5.16 Å². The number of carbonyl (C=O) groups excluding carboxylic acids is 1. The Labute approximate surface area is 135 Å². The van der Waals surface area contributed by atoms with Gasteiger partial charge in [-0.15, -0.1) is 0 Å². The lowest BCUT2D eigenvalue weighted by Gasteiger charge is -2.06. The molecule has 0 radical (unpaired) electrons. The number of nitrogens with one attached hydrogen (secondary N) is 1. The van der Waals surface area contributed by atoms with E-state index in [1.807, 2.05) is 31.2 Å². The molecule has 4 nitrogen and oxygen atoms in total. The molecule has 0 saturated carbocycles. The van der Waals surface area contributed by atoms with E-state index in [1.165, 1.54) is 29.5 Å². The summed E-state index contributed by atoms with van der Waals surface area (Å²) in [6, 6.07) is 13.9. The Kier molecular flexibility index (Phi) is 6.29. The van der Waals surface area contributed by atoms with Crippen LogP contribution in [0.5, 0.6) is 0 Å². The van der Waals surface area contributed by atoms with Gasteiger partial charge >= 0.3 is 0 Å². The van der Waals surface area contributed by atoms with Gasteiger partial charge in [0.25, 0.3) is 5.91 Å². The van der Waals surface area contributed by atoms with Crippen LogP contribution in [-0.4, -0.2) is 25.3 Å². The summed E-state index contributed by atoms with van der Waals surface area (Å²) >= 11 is 0. The molecule has 1 N–H and O–H groups in total. The average molecular weight is 314 g/mol. The monoisotopic (exact) mass is 314 g/mol. The van der Waals surface area contributed by atoms with Gasteiger partial charge in [-0.3, -0.25) is 4.79 Å². The summed E-state index contributed by atoms with van der Waals surface area (Å²) in [5.41, 5.74) is 3.12. The predicted molar refractivity (Wildman–Crippen MR) is 87.8 cm³/mol. The van der Waals surface area contributed by atoms with Crippen molar-refractivity contribution >= 4 is 12.1 Å². The van der Waals surface area contributed by atoms with E-state index in [1.54, 1.807) is 12.1 Å². The molecule has 23 heavy (non-hydrogen) atoms. The molecule has 2 rings (SSSR count). The lowest BCUT2D eigenvalue weighted by atomic mass is 10.1. The number of rotatable bonds is 7. The standard InChI is InChI=1S/C18H19FN2O2/c1-14-4-2-3-5-16(14)10-11-20-18(22)13-23-21-12-15-6-8-17(19)9-7-15/h2-9,12H,10-11,13H2,1H3,(H,20,22)/b21-12+. The van der Waals surface area contributed by atoms with Gasteiger partial charge in [-0.2, -0.15) is 0 Å². The lowest BCUT2D eigenvalue weighted by molar-refractivity contribution is -0.125. The molecule has 0 aliphatic carbocycles. The quantitative estimate of drug-likeness (QED) is 0.631. The van der Waals surface area contributed by atoms with Crippen LogP contribution in [0.15, 0.2) is 53.7 Å². The van der Waals surface area contributed by atoms with Gasteiger partial charge in [-0.25, -0.2) is 4.39 Å². The van der Waals surface area contributed by atoms with Crippen LogP contribution in [0.25, 0.3) is 0 Å². The van der Waals surface area contributed by atoms with E-state index in [4.69, 9.17) is 4.84 Å². The van der Waals surface area contributed by atoms with Gasteiger partial charge in [-0.05, 0) is 42.2 Å². The van der Waals surface area contributed by atoms with Crippen molar-refractivity contribution in [3.8, 4) is 0 Å². The van der Waals surface area contributed by atoms with Crippen molar-refractivity contribution in [2.75, 3.05) is 13.2 Å². The molecule has 0 saturated heterocycles. The normalized spacial score (nSPS) is 10.7. The average Bonchev–Trinajstić information content (AvgIpc) is 2.55. The molecule has 0 fully saturated rings. The van der Waals surface area contributed by atoms with Gasteiger partial charge in [0, 0.05) is 6.54 Å². The maximum atomic E-state index is 12.7. The lowest BCUT2D eigenvalue weighted by Crippen LogP contribution is -2.29. The van der Waals surface area contributed by atoms with E-state index in [0.717, 1.165) is 6.42 Å². The van der Waals surface area contributed by atoms with Crippen LogP contribution in [0.3, 0.4) is 0 Å². The first kappa shape index (κ1) is 16.7. The van der Waals surface area contributed by atoms with E-state index in [9.17, 15) is 9.18 Å². The highest BCUT2D eigenvalue weighted by atomic mass is 19.1. The fraction of sp³-hybridized carbons (Fsp3) is 0.222. The molecule has 0 aromatic heterocycles. The molecule has 5 heteroatoms. The molecule has 0 unspecified atom stereocenters. The highest BCUT2D eigenvalue weighted by molar-refractivity contribution is 5.79. The van der Waals surface area contributed by atoms with Gasteiger partial charge < -0.3 is 10.2 Å². The van der Waals surface area contributed by atoms with Crippen molar-refractivity contribution in [1.29, 1.82) is 0 Å². The Morgan fingerprint density at radius 3 is 2.70 bits per heavy atom. The molecule has 0 aliphatic rings. The number of halogens is 1. The van der Waals surface area contributed by atoms with Crippen LogP contribution in [0.1, 0.15) is 16.7 Å². The topological polar surface area (TPSA) is 50.7 Å².